The molecule has 2 N–H and O–H groups in total. The average molecular weight is 369 g/mol. The number of hydrogen-bond acceptors (Lipinski definition) is 2. The molecule has 0 saturated heterocycles. The van der Waals surface area contributed by atoms with Gasteiger partial charge in [-0.25, -0.2) is 4.79 Å². The molecule has 0 aliphatic heterocycles. The Morgan fingerprint density at radius 3 is 2.52 bits per heavy atom. The fraction of sp³-hybridized carbons (Fsp3) is 0.0667. The van der Waals surface area contributed by atoms with Crippen LogP contribution in [0.2, 0.25) is 5.02 Å². The van der Waals surface area contributed by atoms with Crippen LogP contribution in [0.5, 0.6) is 0 Å². The molecule has 0 spiro atoms. The third-order valence-electron chi connectivity index (χ3n) is 2.91. The van der Waals surface area contributed by atoms with Crippen molar-refractivity contribution < 1.29 is 14.7 Å². The summed E-state index contributed by atoms with van der Waals surface area (Å²) in [4.78, 5) is 23.5. The van der Waals surface area contributed by atoms with E-state index in [1.807, 2.05) is 13.0 Å². The molecule has 1 amide bonds. The summed E-state index contributed by atoms with van der Waals surface area (Å²) in [5.74, 6) is -1.60. The first-order valence-electron chi connectivity index (χ1n) is 6.00. The highest BCUT2D eigenvalue weighted by Gasteiger charge is 2.18. The van der Waals surface area contributed by atoms with Gasteiger partial charge in [0.05, 0.1) is 16.3 Å². The number of hydrogen-bond donors (Lipinski definition) is 2. The van der Waals surface area contributed by atoms with Crippen molar-refractivity contribution in [2.75, 3.05) is 5.32 Å². The molecule has 0 saturated carbocycles. The molecular weight excluding hydrogens is 358 g/mol. The molecule has 0 aliphatic carbocycles. The average Bonchev–Trinajstić information content (AvgIpc) is 2.41. The molecule has 108 valence electrons. The standard InChI is InChI=1S/C15H11BrClNO3/c1-8-4-2-5-9(13(8)16)14(19)18-11-7-3-6-10(17)12(11)15(20)21/h2-7H,1H3,(H,18,19)(H,20,21). The topological polar surface area (TPSA) is 66.4 Å². The molecule has 0 aromatic heterocycles. The fourth-order valence-corrected chi connectivity index (χ4v) is 2.56. The summed E-state index contributed by atoms with van der Waals surface area (Å²) in [5, 5.41) is 11.8. The number of amides is 1. The number of halogens is 2. The van der Waals surface area contributed by atoms with Crippen molar-refractivity contribution in [2.24, 2.45) is 0 Å². The normalized spacial score (nSPS) is 10.2. The van der Waals surface area contributed by atoms with Gasteiger partial charge in [0.2, 0.25) is 0 Å². The second-order valence-electron chi connectivity index (χ2n) is 4.36. The lowest BCUT2D eigenvalue weighted by atomic mass is 10.1. The lowest BCUT2D eigenvalue weighted by Crippen LogP contribution is -2.15. The van der Waals surface area contributed by atoms with Crippen molar-refractivity contribution >= 4 is 45.1 Å². The number of carboxylic acids is 1. The fourth-order valence-electron chi connectivity index (χ4n) is 1.86. The molecule has 0 aliphatic rings. The lowest BCUT2D eigenvalue weighted by Gasteiger charge is -2.11. The molecule has 0 radical (unpaired) electrons. The minimum Gasteiger partial charge on any atom is -0.478 e. The molecule has 2 aromatic rings. The Labute approximate surface area is 134 Å². The lowest BCUT2D eigenvalue weighted by molar-refractivity contribution is 0.0698. The summed E-state index contributed by atoms with van der Waals surface area (Å²) in [6.07, 6.45) is 0. The Morgan fingerprint density at radius 1 is 1.19 bits per heavy atom. The van der Waals surface area contributed by atoms with Crippen molar-refractivity contribution in [3.05, 3.63) is 62.6 Å². The monoisotopic (exact) mass is 367 g/mol. The van der Waals surface area contributed by atoms with Gasteiger partial charge in [0.1, 0.15) is 5.56 Å². The number of benzene rings is 2. The first kappa shape index (κ1) is 15.5. The molecule has 0 fully saturated rings. The highest BCUT2D eigenvalue weighted by atomic mass is 79.9. The second-order valence-corrected chi connectivity index (χ2v) is 5.56. The van der Waals surface area contributed by atoms with Gasteiger partial charge in [-0.1, -0.05) is 29.8 Å². The van der Waals surface area contributed by atoms with Crippen molar-refractivity contribution in [3.63, 3.8) is 0 Å². The van der Waals surface area contributed by atoms with Gasteiger partial charge in [-0.05, 0) is 46.6 Å². The third kappa shape index (κ3) is 3.25. The summed E-state index contributed by atoms with van der Waals surface area (Å²) in [7, 11) is 0. The number of aryl methyl sites for hydroxylation is 1. The molecular formula is C15H11BrClNO3. The van der Waals surface area contributed by atoms with Crippen LogP contribution in [0.15, 0.2) is 40.9 Å². The molecule has 2 aromatic carbocycles. The molecule has 0 unspecified atom stereocenters. The maximum absolute atomic E-state index is 12.3. The van der Waals surface area contributed by atoms with E-state index in [4.69, 9.17) is 11.6 Å². The van der Waals surface area contributed by atoms with Gasteiger partial charge in [-0.15, -0.1) is 0 Å². The largest absolute Gasteiger partial charge is 0.478 e. The smallest absolute Gasteiger partial charge is 0.339 e. The number of aromatic carboxylic acids is 1. The predicted octanol–water partition coefficient (Wildman–Crippen LogP) is 4.36. The van der Waals surface area contributed by atoms with Crippen LogP contribution in [0.4, 0.5) is 5.69 Å². The molecule has 21 heavy (non-hydrogen) atoms. The van der Waals surface area contributed by atoms with Crippen LogP contribution in [0.1, 0.15) is 26.3 Å². The number of carbonyl (C=O) groups excluding carboxylic acids is 1. The van der Waals surface area contributed by atoms with Gasteiger partial charge >= 0.3 is 5.97 Å². The summed E-state index contributed by atoms with van der Waals surface area (Å²) < 4.78 is 0.668. The minimum absolute atomic E-state index is 0.0728. The zero-order valence-corrected chi connectivity index (χ0v) is 13.3. The summed E-state index contributed by atoms with van der Waals surface area (Å²) >= 11 is 9.22. The van der Waals surface area contributed by atoms with Gasteiger partial charge in [0.15, 0.2) is 0 Å². The van der Waals surface area contributed by atoms with Crippen LogP contribution >= 0.6 is 27.5 Å². The van der Waals surface area contributed by atoms with Gasteiger partial charge in [0.25, 0.3) is 5.91 Å². The zero-order chi connectivity index (χ0) is 15.6. The van der Waals surface area contributed by atoms with E-state index in [0.29, 0.717) is 10.0 Å². The zero-order valence-electron chi connectivity index (χ0n) is 11.0. The second kappa shape index (κ2) is 6.28. The highest BCUT2D eigenvalue weighted by Crippen LogP contribution is 2.26. The number of carbonyl (C=O) groups is 2. The van der Waals surface area contributed by atoms with Gasteiger partial charge in [-0.3, -0.25) is 4.79 Å². The van der Waals surface area contributed by atoms with Crippen LogP contribution in [-0.4, -0.2) is 17.0 Å². The van der Waals surface area contributed by atoms with Gasteiger partial charge < -0.3 is 10.4 Å². The number of carboxylic acid groups (broad SMARTS) is 1. The van der Waals surface area contributed by atoms with Gasteiger partial charge in [-0.2, -0.15) is 0 Å². The Bertz CT molecular complexity index is 731. The van der Waals surface area contributed by atoms with Crippen molar-refractivity contribution in [1.82, 2.24) is 0 Å². The SMILES string of the molecule is Cc1cccc(C(=O)Nc2cccc(Cl)c2C(=O)O)c1Br. The Morgan fingerprint density at radius 2 is 1.86 bits per heavy atom. The predicted molar refractivity (Wildman–Crippen MR) is 85.2 cm³/mol. The molecule has 2 rings (SSSR count). The van der Waals surface area contributed by atoms with Crippen LogP contribution in [0, 0.1) is 6.92 Å². The molecule has 0 bridgehead atoms. The Hall–Kier alpha value is -1.85. The molecule has 6 heteroatoms. The summed E-state index contributed by atoms with van der Waals surface area (Å²) in [6, 6.07) is 9.81. The van der Waals surface area contributed by atoms with Crippen LogP contribution in [-0.2, 0) is 0 Å². The van der Waals surface area contributed by atoms with E-state index in [-0.39, 0.29) is 16.3 Å². The van der Waals surface area contributed by atoms with E-state index < -0.39 is 11.9 Å². The van der Waals surface area contributed by atoms with Crippen molar-refractivity contribution in [3.8, 4) is 0 Å². The van der Waals surface area contributed by atoms with E-state index in [2.05, 4.69) is 21.2 Å². The van der Waals surface area contributed by atoms with E-state index in [1.165, 1.54) is 12.1 Å². The van der Waals surface area contributed by atoms with E-state index in [1.54, 1.807) is 18.2 Å². The van der Waals surface area contributed by atoms with E-state index in [0.717, 1.165) is 5.56 Å². The van der Waals surface area contributed by atoms with E-state index in [9.17, 15) is 14.7 Å². The summed E-state index contributed by atoms with van der Waals surface area (Å²) in [5.41, 5.74) is 1.36. The Balaban J connectivity index is 2.39. The molecule has 0 atom stereocenters. The highest BCUT2D eigenvalue weighted by molar-refractivity contribution is 9.10. The summed E-state index contributed by atoms with van der Waals surface area (Å²) in [6.45, 7) is 1.86. The van der Waals surface area contributed by atoms with E-state index >= 15 is 0 Å². The quantitative estimate of drug-likeness (QED) is 0.846. The first-order chi connectivity index (χ1) is 9.91. The van der Waals surface area contributed by atoms with Crippen LogP contribution in [0.3, 0.4) is 0 Å². The maximum Gasteiger partial charge on any atom is 0.339 e. The van der Waals surface area contributed by atoms with Crippen molar-refractivity contribution in [2.45, 2.75) is 6.92 Å². The molecule has 4 nitrogen and oxygen atoms in total. The van der Waals surface area contributed by atoms with Crippen LogP contribution in [0.25, 0.3) is 0 Å². The Kier molecular flexibility index (Phi) is 4.65. The first-order valence-corrected chi connectivity index (χ1v) is 7.17. The van der Waals surface area contributed by atoms with Crippen LogP contribution < -0.4 is 5.32 Å². The number of anilines is 1. The van der Waals surface area contributed by atoms with Gasteiger partial charge in [0, 0.05) is 4.47 Å². The molecule has 0 heterocycles. The third-order valence-corrected chi connectivity index (χ3v) is 4.28. The van der Waals surface area contributed by atoms with Crippen molar-refractivity contribution in [1.29, 1.82) is 0 Å². The maximum atomic E-state index is 12.3. The number of rotatable bonds is 3. The number of nitrogens with one attached hydrogen (secondary N) is 1. The minimum atomic E-state index is -1.20.